The van der Waals surface area contributed by atoms with Crippen molar-refractivity contribution in [3.05, 3.63) is 80.9 Å². The minimum atomic E-state index is -0.701. The highest BCUT2D eigenvalue weighted by Gasteiger charge is 2.31. The zero-order valence-electron chi connectivity index (χ0n) is 20.4. The molecule has 5 aromatic rings. The third kappa shape index (κ3) is 3.63. The molecular formula is C28H23F2N5O3. The Labute approximate surface area is 214 Å². The van der Waals surface area contributed by atoms with Crippen molar-refractivity contribution in [3.8, 4) is 28.1 Å². The molecule has 38 heavy (non-hydrogen) atoms. The lowest BCUT2D eigenvalue weighted by Crippen LogP contribution is -2.33. The Hall–Kier alpha value is -4.31. The molecule has 2 aliphatic rings. The molecule has 2 unspecified atom stereocenters. The molecule has 0 saturated carbocycles. The fourth-order valence-corrected chi connectivity index (χ4v) is 5.71. The molecule has 4 heterocycles. The highest BCUT2D eigenvalue weighted by Crippen LogP contribution is 2.35. The van der Waals surface area contributed by atoms with Crippen molar-refractivity contribution in [1.82, 2.24) is 24.6 Å². The second-order valence-electron chi connectivity index (χ2n) is 10.1. The van der Waals surface area contributed by atoms with Crippen molar-refractivity contribution >= 4 is 21.9 Å². The number of ether oxygens (including phenoxy) is 1. The number of aromatic nitrogens is 4. The molecule has 0 amide bonds. The van der Waals surface area contributed by atoms with Crippen molar-refractivity contribution < 1.29 is 13.5 Å². The SMILES string of the molecule is C[C@@H]1CC2CN1CCn1[nH]c3c(cccc3c1=O)-c1nc3c(cc(-c4cc(F)cc(F)c4)cc3[nH]c1=O)O2. The summed E-state index contributed by atoms with van der Waals surface area (Å²) in [5.41, 5.74) is 2.17. The zero-order chi connectivity index (χ0) is 26.1. The molecule has 0 spiro atoms. The Balaban J connectivity index is 1.51. The molecule has 8 nitrogen and oxygen atoms in total. The van der Waals surface area contributed by atoms with Crippen LogP contribution in [0.3, 0.4) is 0 Å². The van der Waals surface area contributed by atoms with E-state index in [9.17, 15) is 18.4 Å². The van der Waals surface area contributed by atoms with Gasteiger partial charge in [-0.25, -0.2) is 13.8 Å². The standard InChI is InChI=1S/C28H23F2N5O3/c1-14-7-19-13-34(14)5-6-35-28(37)21-4-2-3-20(24(21)33-35)25-27(36)31-22-10-16(11-23(38-19)26(22)32-25)15-8-17(29)12-18(30)9-15/h2-4,8-12,14,19,33H,5-7,13H2,1H3,(H,31,36)/t14-,19?/m1/s1. The Morgan fingerprint density at radius 1 is 1.03 bits per heavy atom. The maximum absolute atomic E-state index is 14.0. The molecule has 1 fully saturated rings. The first-order valence-corrected chi connectivity index (χ1v) is 12.5. The molecule has 3 aromatic carbocycles. The summed E-state index contributed by atoms with van der Waals surface area (Å²) in [6, 6.07) is 12.1. The van der Waals surface area contributed by atoms with E-state index in [1.54, 1.807) is 35.0 Å². The molecule has 6 bridgehead atoms. The van der Waals surface area contributed by atoms with Gasteiger partial charge in [-0.05, 0) is 48.4 Å². The number of halogens is 2. The minimum Gasteiger partial charge on any atom is -0.487 e. The maximum Gasteiger partial charge on any atom is 0.275 e. The average molecular weight is 516 g/mol. The van der Waals surface area contributed by atoms with E-state index in [1.165, 1.54) is 12.1 Å². The molecular weight excluding hydrogens is 492 g/mol. The van der Waals surface area contributed by atoms with Gasteiger partial charge < -0.3 is 9.72 Å². The normalized spacial score (nSPS) is 20.8. The quantitative estimate of drug-likeness (QED) is 0.352. The summed E-state index contributed by atoms with van der Waals surface area (Å²) < 4.78 is 36.2. The average Bonchev–Trinajstić information content (AvgIpc) is 3.39. The fraction of sp³-hybridized carbons (Fsp3) is 0.250. The van der Waals surface area contributed by atoms with Gasteiger partial charge in [0.2, 0.25) is 0 Å². The van der Waals surface area contributed by atoms with E-state index >= 15 is 0 Å². The van der Waals surface area contributed by atoms with E-state index in [0.717, 1.165) is 12.5 Å². The van der Waals surface area contributed by atoms with Crippen LogP contribution < -0.4 is 15.9 Å². The summed E-state index contributed by atoms with van der Waals surface area (Å²) in [5.74, 6) is -0.990. The second-order valence-corrected chi connectivity index (χ2v) is 10.1. The van der Waals surface area contributed by atoms with Gasteiger partial charge in [-0.3, -0.25) is 24.3 Å². The van der Waals surface area contributed by atoms with Gasteiger partial charge in [-0.2, -0.15) is 0 Å². The molecule has 3 atom stereocenters. The first kappa shape index (κ1) is 22.9. The molecule has 10 heteroatoms. The maximum atomic E-state index is 14.0. The minimum absolute atomic E-state index is 0.143. The predicted octanol–water partition coefficient (Wildman–Crippen LogP) is 4.03. The van der Waals surface area contributed by atoms with Crippen molar-refractivity contribution in [2.75, 3.05) is 13.1 Å². The number of H-pyrrole nitrogens is 2. The van der Waals surface area contributed by atoms with Crippen LogP contribution in [0.5, 0.6) is 5.75 Å². The van der Waals surface area contributed by atoms with Crippen LogP contribution in [0, 0.1) is 11.6 Å². The summed E-state index contributed by atoms with van der Waals surface area (Å²) >= 11 is 0. The monoisotopic (exact) mass is 515 g/mol. The third-order valence-electron chi connectivity index (χ3n) is 7.57. The molecule has 0 aliphatic carbocycles. The van der Waals surface area contributed by atoms with Crippen LogP contribution in [0.2, 0.25) is 0 Å². The molecule has 1 saturated heterocycles. The number of rotatable bonds is 1. The van der Waals surface area contributed by atoms with Gasteiger partial charge in [0.15, 0.2) is 0 Å². The summed E-state index contributed by atoms with van der Waals surface area (Å²) in [7, 11) is 0. The molecule has 2 aromatic heterocycles. The Kier molecular flexibility index (Phi) is 5.02. The molecule has 7 rings (SSSR count). The van der Waals surface area contributed by atoms with Crippen LogP contribution in [0.4, 0.5) is 8.78 Å². The van der Waals surface area contributed by atoms with Crippen molar-refractivity contribution in [2.45, 2.75) is 32.0 Å². The van der Waals surface area contributed by atoms with E-state index < -0.39 is 17.2 Å². The van der Waals surface area contributed by atoms with Crippen LogP contribution in [0.25, 0.3) is 44.3 Å². The lowest BCUT2D eigenvalue weighted by molar-refractivity contribution is 0.195. The van der Waals surface area contributed by atoms with Crippen LogP contribution >= 0.6 is 0 Å². The highest BCUT2D eigenvalue weighted by molar-refractivity contribution is 5.94. The number of nitrogens with one attached hydrogen (secondary N) is 2. The predicted molar refractivity (Wildman–Crippen MR) is 139 cm³/mol. The lowest BCUT2D eigenvalue weighted by Gasteiger charge is -2.21. The van der Waals surface area contributed by atoms with E-state index in [-0.39, 0.29) is 23.4 Å². The number of fused-ring (bicyclic) bond motifs is 5. The second kappa shape index (κ2) is 8.35. The van der Waals surface area contributed by atoms with Gasteiger partial charge in [0, 0.05) is 37.2 Å². The van der Waals surface area contributed by atoms with E-state index in [2.05, 4.69) is 21.9 Å². The largest absolute Gasteiger partial charge is 0.487 e. The topological polar surface area (TPSA) is 96.0 Å². The third-order valence-corrected chi connectivity index (χ3v) is 7.57. The molecule has 2 aliphatic heterocycles. The summed E-state index contributed by atoms with van der Waals surface area (Å²) in [5, 5.41) is 3.67. The van der Waals surface area contributed by atoms with E-state index in [0.29, 0.717) is 64.0 Å². The van der Waals surface area contributed by atoms with Crippen LogP contribution in [-0.2, 0) is 6.54 Å². The first-order valence-electron chi connectivity index (χ1n) is 12.5. The molecule has 2 N–H and O–H groups in total. The van der Waals surface area contributed by atoms with Gasteiger partial charge in [0.05, 0.1) is 23.0 Å². The van der Waals surface area contributed by atoms with Crippen molar-refractivity contribution in [2.24, 2.45) is 0 Å². The Morgan fingerprint density at radius 2 is 1.82 bits per heavy atom. The molecule has 0 radical (unpaired) electrons. The van der Waals surface area contributed by atoms with Crippen molar-refractivity contribution in [1.29, 1.82) is 0 Å². The number of nitrogens with zero attached hydrogens (tertiary/aromatic N) is 3. The smallest absolute Gasteiger partial charge is 0.275 e. The number of hydrogen-bond donors (Lipinski definition) is 2. The van der Waals surface area contributed by atoms with Crippen LogP contribution in [0.1, 0.15) is 13.3 Å². The number of benzene rings is 3. The lowest BCUT2D eigenvalue weighted by atomic mass is 10.0. The van der Waals surface area contributed by atoms with Gasteiger partial charge >= 0.3 is 0 Å². The highest BCUT2D eigenvalue weighted by atomic mass is 19.1. The van der Waals surface area contributed by atoms with E-state index in [1.807, 2.05) is 0 Å². The van der Waals surface area contributed by atoms with Gasteiger partial charge in [-0.15, -0.1) is 0 Å². The fourth-order valence-electron chi connectivity index (χ4n) is 5.71. The summed E-state index contributed by atoms with van der Waals surface area (Å²) in [6.07, 6.45) is 0.576. The Bertz CT molecular complexity index is 1850. The van der Waals surface area contributed by atoms with Gasteiger partial charge in [-0.1, -0.05) is 12.1 Å². The number of hydrogen-bond acceptors (Lipinski definition) is 5. The Morgan fingerprint density at radius 3 is 2.63 bits per heavy atom. The van der Waals surface area contributed by atoms with E-state index in [4.69, 9.17) is 9.72 Å². The van der Waals surface area contributed by atoms with Gasteiger partial charge in [0.25, 0.3) is 11.1 Å². The van der Waals surface area contributed by atoms with Crippen LogP contribution in [-0.4, -0.2) is 49.9 Å². The summed E-state index contributed by atoms with van der Waals surface area (Å²) in [6.45, 7) is 3.85. The molecule has 192 valence electrons. The number of para-hydroxylation sites is 1. The zero-order valence-corrected chi connectivity index (χ0v) is 20.4. The summed E-state index contributed by atoms with van der Waals surface area (Å²) in [4.78, 5) is 36.3. The number of aromatic amines is 2. The van der Waals surface area contributed by atoms with Gasteiger partial charge in [0.1, 0.15) is 34.7 Å². The first-order chi connectivity index (χ1) is 18.3. The van der Waals surface area contributed by atoms with Crippen LogP contribution in [0.15, 0.2) is 58.1 Å². The van der Waals surface area contributed by atoms with Crippen molar-refractivity contribution in [3.63, 3.8) is 0 Å².